The largest absolute Gasteiger partial charge is 1.00 e. The normalized spacial score (nSPS) is 19.6. The number of aromatic nitrogens is 2. The Labute approximate surface area is 304 Å². The van der Waals surface area contributed by atoms with E-state index in [0.717, 1.165) is 54.1 Å². The van der Waals surface area contributed by atoms with Crippen molar-refractivity contribution in [1.82, 2.24) is 19.8 Å². The van der Waals surface area contributed by atoms with Crippen LogP contribution in [0.25, 0.3) is 10.8 Å². The summed E-state index contributed by atoms with van der Waals surface area (Å²) in [7, 11) is 0. The van der Waals surface area contributed by atoms with Crippen molar-refractivity contribution in [1.29, 1.82) is 5.26 Å². The molecule has 6 rings (SSSR count). The molecule has 0 spiro atoms. The monoisotopic (exact) mass is 669 g/mol. The summed E-state index contributed by atoms with van der Waals surface area (Å²) < 4.78 is 20.9. The number of halogens is 1. The summed E-state index contributed by atoms with van der Waals surface area (Å²) in [5, 5.41) is 30.6. The molecule has 0 aliphatic carbocycles. The topological polar surface area (TPSA) is 132 Å². The fraction of sp³-hybridized carbons (Fsp3) is 0.543. The molecule has 1 unspecified atom stereocenters. The molecule has 0 bridgehead atoms. The number of ether oxygens (including phenoxy) is 1. The number of carbonyl (C=O) groups is 1. The summed E-state index contributed by atoms with van der Waals surface area (Å²) in [6.07, 6.45) is 1.99. The van der Waals surface area contributed by atoms with Gasteiger partial charge in [0.15, 0.2) is 0 Å². The summed E-state index contributed by atoms with van der Waals surface area (Å²) in [5.41, 5.74) is 2.07. The van der Waals surface area contributed by atoms with E-state index < -0.39 is 17.7 Å². The minimum atomic E-state index is -1.01. The van der Waals surface area contributed by atoms with Crippen LogP contribution in [0.1, 0.15) is 58.2 Å². The Kier molecular flexibility index (Phi) is 12.9. The summed E-state index contributed by atoms with van der Waals surface area (Å²) in [6, 6.07) is 13.2. The van der Waals surface area contributed by atoms with E-state index in [9.17, 15) is 24.7 Å². The maximum Gasteiger partial charge on any atom is 1.00 e. The fourth-order valence-electron chi connectivity index (χ4n) is 6.69. The molecule has 1 N–H and O–H groups in total. The number of anilines is 2. The number of hydrogen-bond donors (Lipinski definition) is 1. The van der Waals surface area contributed by atoms with E-state index in [0.29, 0.717) is 56.6 Å². The molecule has 1 amide bonds. The second-order valence-electron chi connectivity index (χ2n) is 13.3. The van der Waals surface area contributed by atoms with Gasteiger partial charge in [-0.3, -0.25) is 4.90 Å². The molecule has 1 aromatic heterocycles. The molecule has 3 aromatic rings. The zero-order valence-electron chi connectivity index (χ0n) is 28.8. The van der Waals surface area contributed by atoms with Crippen LogP contribution in [-0.4, -0.2) is 94.5 Å². The van der Waals surface area contributed by atoms with Gasteiger partial charge in [-0.15, -0.1) is 5.60 Å². The van der Waals surface area contributed by atoms with Crippen LogP contribution in [0.5, 0.6) is 6.01 Å². The third-order valence-corrected chi connectivity index (χ3v) is 8.88. The zero-order chi connectivity index (χ0) is 33.7. The first-order valence-electron chi connectivity index (χ1n) is 16.5. The molecule has 0 saturated carbocycles. The predicted octanol–water partition coefficient (Wildman–Crippen LogP) is 1.43. The van der Waals surface area contributed by atoms with Gasteiger partial charge < -0.3 is 29.6 Å². The van der Waals surface area contributed by atoms with E-state index >= 15 is 0 Å². The van der Waals surface area contributed by atoms with Gasteiger partial charge in [0.25, 0.3) is 0 Å². The van der Waals surface area contributed by atoms with Gasteiger partial charge in [-0.05, 0) is 44.5 Å². The number of likely N-dealkylation sites (N-methyl/N-ethyl adjacent to an activating group) is 1. The average molecular weight is 670 g/mol. The Balaban J connectivity index is 0.000000808. The van der Waals surface area contributed by atoms with Crippen LogP contribution in [0.2, 0.25) is 0 Å². The van der Waals surface area contributed by atoms with Crippen molar-refractivity contribution in [2.45, 2.75) is 77.6 Å². The van der Waals surface area contributed by atoms with E-state index in [-0.39, 0.29) is 48.3 Å². The van der Waals surface area contributed by atoms with Crippen molar-refractivity contribution in [3.8, 4) is 12.1 Å². The average Bonchev–Trinajstić information content (AvgIpc) is 3.50. The van der Waals surface area contributed by atoms with E-state index in [1.54, 1.807) is 26.8 Å². The second kappa shape index (κ2) is 16.5. The Morgan fingerprint density at radius 3 is 2.50 bits per heavy atom. The minimum absolute atomic E-state index is 0. The van der Waals surface area contributed by atoms with Gasteiger partial charge in [-0.1, -0.05) is 52.0 Å². The number of carboxylic acid groups (broad SMARTS) is 1. The van der Waals surface area contributed by atoms with Crippen LogP contribution in [-0.2, 0) is 13.0 Å². The van der Waals surface area contributed by atoms with Crippen molar-refractivity contribution in [3.05, 3.63) is 53.5 Å². The molecule has 4 heterocycles. The predicted molar refractivity (Wildman–Crippen MR) is 177 cm³/mol. The number of nitrogens with zero attached hydrogens (tertiary/aromatic N) is 7. The van der Waals surface area contributed by atoms with Crippen LogP contribution in [0.3, 0.4) is 0 Å². The Morgan fingerprint density at radius 1 is 1.08 bits per heavy atom. The summed E-state index contributed by atoms with van der Waals surface area (Å²) in [5.74, 6) is 0.512. The number of hydrogen-bond acceptors (Lipinski definition) is 9. The van der Waals surface area contributed by atoms with Gasteiger partial charge >= 0.3 is 41.7 Å². The number of rotatable bonds is 7. The molecule has 2 atom stereocenters. The van der Waals surface area contributed by atoms with Crippen molar-refractivity contribution >= 4 is 28.4 Å². The van der Waals surface area contributed by atoms with E-state index in [1.165, 1.54) is 11.0 Å². The molecule has 2 aromatic carbocycles. The third-order valence-electron chi connectivity index (χ3n) is 8.88. The Hall–Kier alpha value is -3.21. The number of piperazine rings is 1. The molecular weight excluding hydrogens is 624 g/mol. The fourth-order valence-corrected chi connectivity index (χ4v) is 6.69. The van der Waals surface area contributed by atoms with Crippen LogP contribution < -0.4 is 49.2 Å². The van der Waals surface area contributed by atoms with Gasteiger partial charge in [-0.2, -0.15) is 15.2 Å². The SMILES string of the molecule is CC(C)(C)[O-].CCN1CCC[C@H]1COc1nc2c(c(N3CCN(C(=O)O)C(CC#N)C3)n1)CCN(c1ccc(F)c3ccccc13)C2.[Na+]. The van der Waals surface area contributed by atoms with Crippen LogP contribution in [0.4, 0.5) is 20.7 Å². The maximum atomic E-state index is 14.6. The maximum absolute atomic E-state index is 14.6. The second-order valence-corrected chi connectivity index (χ2v) is 13.3. The van der Waals surface area contributed by atoms with Gasteiger partial charge in [0, 0.05) is 54.2 Å². The number of nitriles is 1. The smallest absolute Gasteiger partial charge is 0.850 e. The van der Waals surface area contributed by atoms with Crippen molar-refractivity contribution in [2.24, 2.45) is 0 Å². The molecule has 252 valence electrons. The van der Waals surface area contributed by atoms with Crippen molar-refractivity contribution in [2.75, 3.05) is 55.7 Å². The first kappa shape index (κ1) is 37.6. The third kappa shape index (κ3) is 9.07. The Morgan fingerprint density at radius 2 is 1.81 bits per heavy atom. The first-order valence-corrected chi connectivity index (χ1v) is 16.5. The number of fused-ring (bicyclic) bond motifs is 2. The van der Waals surface area contributed by atoms with Crippen LogP contribution in [0.15, 0.2) is 36.4 Å². The van der Waals surface area contributed by atoms with E-state index in [4.69, 9.17) is 14.7 Å². The van der Waals surface area contributed by atoms with Crippen molar-refractivity contribution < 1.29 is 53.7 Å². The number of amides is 1. The molecule has 48 heavy (non-hydrogen) atoms. The molecular formula is C35H45FN7NaO4. The summed E-state index contributed by atoms with van der Waals surface area (Å²) in [6.45, 7) is 11.9. The molecule has 2 saturated heterocycles. The van der Waals surface area contributed by atoms with Gasteiger partial charge in [0.2, 0.25) is 0 Å². The minimum Gasteiger partial charge on any atom is -0.850 e. The van der Waals surface area contributed by atoms with Gasteiger partial charge in [0.05, 0.1) is 30.8 Å². The summed E-state index contributed by atoms with van der Waals surface area (Å²) >= 11 is 0. The first-order chi connectivity index (χ1) is 22.5. The van der Waals surface area contributed by atoms with E-state index in [1.807, 2.05) is 24.3 Å². The number of benzene rings is 2. The molecule has 3 aliphatic heterocycles. The molecule has 0 radical (unpaired) electrons. The summed E-state index contributed by atoms with van der Waals surface area (Å²) in [4.78, 5) is 29.7. The van der Waals surface area contributed by atoms with Crippen LogP contribution in [0, 0.1) is 17.1 Å². The molecule has 2 fully saturated rings. The molecule has 3 aliphatic rings. The van der Waals surface area contributed by atoms with Gasteiger partial charge in [0.1, 0.15) is 18.2 Å². The number of likely N-dealkylation sites (tertiary alicyclic amines) is 1. The van der Waals surface area contributed by atoms with Crippen molar-refractivity contribution in [3.63, 3.8) is 0 Å². The quantitative estimate of drug-likeness (QED) is 0.369. The standard InChI is InChI=1S/C31H36FN7O3.C4H9O.Na/c1-2-36-14-5-6-22(36)20-42-30-34-27-19-37(28-10-9-26(32)23-7-3-4-8-24(23)28)15-12-25(27)29(35-30)38-16-17-39(31(40)41)21(18-38)11-13-33;1-4(2,3)5;/h3-4,7-10,21-22H,2,5-6,11-12,14-20H2,1H3,(H,40,41);1-3H3;/q;-1;+1/t21?,22-;;/m0../s1. The zero-order valence-corrected chi connectivity index (χ0v) is 30.8. The van der Waals surface area contributed by atoms with Crippen LogP contribution >= 0.6 is 0 Å². The Bertz CT molecular complexity index is 1610. The molecule has 13 heteroatoms. The van der Waals surface area contributed by atoms with Gasteiger partial charge in [-0.25, -0.2) is 9.18 Å². The molecule has 11 nitrogen and oxygen atoms in total. The van der Waals surface area contributed by atoms with E-state index in [2.05, 4.69) is 27.7 Å².